The number of aliphatic hydroxyl groups excluding tert-OH is 1. The zero-order valence-electron chi connectivity index (χ0n) is 13.8. The standard InChI is InChI=1S/C18H26N2O3/c1-3-19-18(23)20-17(22)12-8-7-9-14(2)16(21)13-15-10-5-4-6-11-15/h4-6,8,10-12,14,16,21H,3,7,9,13H2,1-2H3,(H2,19,20,22,23)/b12-8+. The molecule has 0 aliphatic carbocycles. The number of imide groups is 1. The predicted molar refractivity (Wildman–Crippen MR) is 90.9 cm³/mol. The van der Waals surface area contributed by atoms with Crippen molar-refractivity contribution in [3.63, 3.8) is 0 Å². The van der Waals surface area contributed by atoms with Crippen molar-refractivity contribution >= 4 is 11.9 Å². The summed E-state index contributed by atoms with van der Waals surface area (Å²) >= 11 is 0. The van der Waals surface area contributed by atoms with Crippen molar-refractivity contribution in [1.29, 1.82) is 0 Å². The normalized spacial score (nSPS) is 13.5. The molecule has 0 aliphatic heterocycles. The molecule has 2 unspecified atom stereocenters. The molecule has 0 heterocycles. The van der Waals surface area contributed by atoms with Crippen molar-refractivity contribution in [2.45, 2.75) is 39.2 Å². The summed E-state index contributed by atoms with van der Waals surface area (Å²) in [6, 6.07) is 9.39. The van der Waals surface area contributed by atoms with Gasteiger partial charge in [0.05, 0.1) is 6.10 Å². The van der Waals surface area contributed by atoms with E-state index in [0.29, 0.717) is 19.4 Å². The van der Waals surface area contributed by atoms with Crippen LogP contribution in [0, 0.1) is 5.92 Å². The van der Waals surface area contributed by atoms with E-state index in [1.54, 1.807) is 13.0 Å². The smallest absolute Gasteiger partial charge is 0.321 e. The number of hydrogen-bond donors (Lipinski definition) is 3. The van der Waals surface area contributed by atoms with Gasteiger partial charge in [0.25, 0.3) is 5.91 Å². The average molecular weight is 318 g/mol. The van der Waals surface area contributed by atoms with Crippen LogP contribution in [0.1, 0.15) is 32.3 Å². The van der Waals surface area contributed by atoms with Crippen molar-refractivity contribution in [3.05, 3.63) is 48.0 Å². The fraction of sp³-hybridized carbons (Fsp3) is 0.444. The van der Waals surface area contributed by atoms with E-state index in [-0.39, 0.29) is 5.92 Å². The number of rotatable bonds is 8. The number of benzene rings is 1. The van der Waals surface area contributed by atoms with Crippen LogP contribution in [0.3, 0.4) is 0 Å². The van der Waals surface area contributed by atoms with Crippen LogP contribution in [-0.2, 0) is 11.2 Å². The minimum Gasteiger partial charge on any atom is -0.393 e. The average Bonchev–Trinajstić information content (AvgIpc) is 2.52. The van der Waals surface area contributed by atoms with E-state index in [1.807, 2.05) is 37.3 Å². The van der Waals surface area contributed by atoms with E-state index in [9.17, 15) is 14.7 Å². The van der Waals surface area contributed by atoms with Crippen LogP contribution < -0.4 is 10.6 Å². The Morgan fingerprint density at radius 2 is 1.96 bits per heavy atom. The number of carbonyl (C=O) groups excluding carboxylic acids is 2. The molecule has 0 saturated carbocycles. The molecule has 5 nitrogen and oxygen atoms in total. The quantitative estimate of drug-likeness (QED) is 0.644. The van der Waals surface area contributed by atoms with E-state index >= 15 is 0 Å². The summed E-state index contributed by atoms with van der Waals surface area (Å²) in [6.45, 7) is 4.25. The summed E-state index contributed by atoms with van der Waals surface area (Å²) < 4.78 is 0. The van der Waals surface area contributed by atoms with Crippen LogP contribution in [0.4, 0.5) is 4.79 Å². The van der Waals surface area contributed by atoms with Crippen LogP contribution in [0.2, 0.25) is 0 Å². The second-order valence-electron chi connectivity index (χ2n) is 5.56. The maximum absolute atomic E-state index is 11.4. The first kappa shape index (κ1) is 18.9. The zero-order chi connectivity index (χ0) is 17.1. The summed E-state index contributed by atoms with van der Waals surface area (Å²) in [6.07, 6.45) is 4.75. The Bertz CT molecular complexity index is 514. The molecule has 0 saturated heterocycles. The van der Waals surface area contributed by atoms with Gasteiger partial charge in [0.15, 0.2) is 0 Å². The van der Waals surface area contributed by atoms with E-state index in [2.05, 4.69) is 10.6 Å². The Morgan fingerprint density at radius 1 is 1.26 bits per heavy atom. The Balaban J connectivity index is 2.27. The van der Waals surface area contributed by atoms with E-state index in [0.717, 1.165) is 12.0 Å². The summed E-state index contributed by atoms with van der Waals surface area (Å²) in [5.74, 6) is -0.306. The van der Waals surface area contributed by atoms with Crippen molar-refractivity contribution in [3.8, 4) is 0 Å². The SMILES string of the molecule is CCNC(=O)NC(=O)/C=C/CCC(C)C(O)Cc1ccccc1. The minimum atomic E-state index is -0.492. The Hall–Kier alpha value is -2.14. The first-order valence-corrected chi connectivity index (χ1v) is 8.00. The lowest BCUT2D eigenvalue weighted by Crippen LogP contribution is -2.38. The van der Waals surface area contributed by atoms with Crippen LogP contribution >= 0.6 is 0 Å². The fourth-order valence-electron chi connectivity index (χ4n) is 2.16. The number of hydrogen-bond acceptors (Lipinski definition) is 3. The van der Waals surface area contributed by atoms with E-state index in [4.69, 9.17) is 0 Å². The number of carbonyl (C=O) groups is 2. The molecule has 1 aromatic carbocycles. The molecule has 1 aromatic rings. The van der Waals surface area contributed by atoms with Crippen molar-refractivity contribution in [2.24, 2.45) is 5.92 Å². The maximum atomic E-state index is 11.4. The van der Waals surface area contributed by atoms with Gasteiger partial charge in [-0.05, 0) is 43.7 Å². The lowest BCUT2D eigenvalue weighted by molar-refractivity contribution is -0.115. The van der Waals surface area contributed by atoms with Gasteiger partial charge in [0, 0.05) is 6.54 Å². The van der Waals surface area contributed by atoms with Crippen LogP contribution in [0.15, 0.2) is 42.5 Å². The highest BCUT2D eigenvalue weighted by atomic mass is 16.3. The van der Waals surface area contributed by atoms with Gasteiger partial charge in [-0.15, -0.1) is 0 Å². The van der Waals surface area contributed by atoms with Gasteiger partial charge in [0.2, 0.25) is 0 Å². The fourth-order valence-corrected chi connectivity index (χ4v) is 2.16. The van der Waals surface area contributed by atoms with Crippen molar-refractivity contribution in [2.75, 3.05) is 6.54 Å². The number of amides is 3. The first-order chi connectivity index (χ1) is 11.0. The van der Waals surface area contributed by atoms with Gasteiger partial charge < -0.3 is 10.4 Å². The van der Waals surface area contributed by atoms with Crippen molar-refractivity contribution in [1.82, 2.24) is 10.6 Å². The van der Waals surface area contributed by atoms with Gasteiger partial charge in [-0.2, -0.15) is 0 Å². The Labute approximate surface area is 137 Å². The third-order valence-electron chi connectivity index (χ3n) is 3.58. The summed E-state index contributed by atoms with van der Waals surface area (Å²) in [5.41, 5.74) is 1.11. The molecule has 126 valence electrons. The van der Waals surface area contributed by atoms with Crippen molar-refractivity contribution < 1.29 is 14.7 Å². The molecule has 0 fully saturated rings. The molecule has 23 heavy (non-hydrogen) atoms. The van der Waals surface area contributed by atoms with Gasteiger partial charge in [0.1, 0.15) is 0 Å². The molecule has 3 N–H and O–H groups in total. The highest BCUT2D eigenvalue weighted by Gasteiger charge is 2.13. The highest BCUT2D eigenvalue weighted by Crippen LogP contribution is 2.15. The van der Waals surface area contributed by atoms with Gasteiger partial charge in [-0.25, -0.2) is 4.79 Å². The molecule has 0 spiro atoms. The molecule has 0 aromatic heterocycles. The largest absolute Gasteiger partial charge is 0.393 e. The molecular weight excluding hydrogens is 292 g/mol. The third-order valence-corrected chi connectivity index (χ3v) is 3.58. The first-order valence-electron chi connectivity index (χ1n) is 8.00. The second kappa shape index (κ2) is 10.6. The minimum absolute atomic E-state index is 0.131. The predicted octanol–water partition coefficient (Wildman–Crippen LogP) is 2.41. The van der Waals surface area contributed by atoms with E-state index < -0.39 is 18.0 Å². The highest BCUT2D eigenvalue weighted by molar-refractivity contribution is 6.00. The van der Waals surface area contributed by atoms with Gasteiger partial charge in [-0.1, -0.05) is 43.3 Å². The lowest BCUT2D eigenvalue weighted by atomic mass is 9.94. The molecule has 5 heteroatoms. The maximum Gasteiger partial charge on any atom is 0.321 e. The number of urea groups is 1. The summed E-state index contributed by atoms with van der Waals surface area (Å²) in [4.78, 5) is 22.6. The van der Waals surface area contributed by atoms with Crippen LogP contribution in [0.5, 0.6) is 0 Å². The summed E-state index contributed by atoms with van der Waals surface area (Å²) in [7, 11) is 0. The lowest BCUT2D eigenvalue weighted by Gasteiger charge is -2.18. The van der Waals surface area contributed by atoms with Crippen LogP contribution in [0.25, 0.3) is 0 Å². The van der Waals surface area contributed by atoms with Gasteiger partial charge >= 0.3 is 6.03 Å². The van der Waals surface area contributed by atoms with E-state index in [1.165, 1.54) is 6.08 Å². The molecular formula is C18H26N2O3. The Morgan fingerprint density at radius 3 is 2.61 bits per heavy atom. The molecule has 0 bridgehead atoms. The van der Waals surface area contributed by atoms with Gasteiger partial charge in [-0.3, -0.25) is 10.1 Å². The number of nitrogens with one attached hydrogen (secondary N) is 2. The molecule has 2 atom stereocenters. The number of aliphatic hydroxyl groups is 1. The van der Waals surface area contributed by atoms with Crippen LogP contribution in [-0.4, -0.2) is 29.7 Å². The topological polar surface area (TPSA) is 78.4 Å². The molecule has 1 rings (SSSR count). The summed E-state index contributed by atoms with van der Waals surface area (Å²) in [5, 5.41) is 14.9. The third kappa shape index (κ3) is 8.16. The second-order valence-corrected chi connectivity index (χ2v) is 5.56. The molecule has 3 amide bonds. The molecule has 0 radical (unpaired) electrons. The zero-order valence-corrected chi connectivity index (χ0v) is 13.8. The number of allylic oxidation sites excluding steroid dienone is 1. The Kier molecular flexibility index (Phi) is 8.68. The monoisotopic (exact) mass is 318 g/mol. The molecule has 0 aliphatic rings.